The predicted octanol–water partition coefficient (Wildman–Crippen LogP) is 13.2. The lowest BCUT2D eigenvalue weighted by atomic mass is 10.0. The molecule has 1 amide bonds. The number of carbonyl (C=O) groups is 2. The van der Waals surface area contributed by atoms with Crippen molar-refractivity contribution in [3.63, 3.8) is 0 Å². The van der Waals surface area contributed by atoms with Crippen molar-refractivity contribution in [2.75, 3.05) is 13.2 Å². The lowest BCUT2D eigenvalue weighted by molar-refractivity contribution is -0.143. The first-order valence-electron chi connectivity index (χ1n) is 23.1. The van der Waals surface area contributed by atoms with Gasteiger partial charge in [0, 0.05) is 12.8 Å². The summed E-state index contributed by atoms with van der Waals surface area (Å²) in [5.74, 6) is -0.0788. The lowest BCUT2D eigenvalue weighted by Gasteiger charge is -2.22. The van der Waals surface area contributed by atoms with E-state index in [-0.39, 0.29) is 18.5 Å². The van der Waals surface area contributed by atoms with Crippen molar-refractivity contribution in [1.82, 2.24) is 5.32 Å². The fourth-order valence-corrected chi connectivity index (χ4v) is 6.91. The second-order valence-corrected chi connectivity index (χ2v) is 15.7. The number of unbranched alkanes of at least 4 members (excludes halogenated alkanes) is 27. The van der Waals surface area contributed by atoms with Gasteiger partial charge in [0.2, 0.25) is 5.91 Å². The summed E-state index contributed by atoms with van der Waals surface area (Å²) in [5, 5.41) is 23.1. The molecule has 53 heavy (non-hydrogen) atoms. The first kappa shape index (κ1) is 51.3. The van der Waals surface area contributed by atoms with Crippen LogP contribution in [0, 0.1) is 0 Å². The van der Waals surface area contributed by atoms with Crippen molar-refractivity contribution in [3.8, 4) is 0 Å². The summed E-state index contributed by atoms with van der Waals surface area (Å²) in [5.41, 5.74) is 0. The molecule has 2 unspecified atom stereocenters. The number of hydrogen-bond donors (Lipinski definition) is 3. The van der Waals surface area contributed by atoms with Gasteiger partial charge in [-0.05, 0) is 51.4 Å². The molecule has 0 aromatic carbocycles. The summed E-state index contributed by atoms with van der Waals surface area (Å²) < 4.78 is 5.43. The van der Waals surface area contributed by atoms with Crippen LogP contribution < -0.4 is 5.32 Å². The largest absolute Gasteiger partial charge is 0.466 e. The van der Waals surface area contributed by atoms with Gasteiger partial charge in [0.1, 0.15) is 0 Å². The van der Waals surface area contributed by atoms with E-state index < -0.39 is 12.1 Å². The smallest absolute Gasteiger partial charge is 0.305 e. The van der Waals surface area contributed by atoms with Crippen molar-refractivity contribution in [2.45, 2.75) is 251 Å². The Hall–Kier alpha value is -1.66. The first-order chi connectivity index (χ1) is 26.0. The Morgan fingerprint density at radius 2 is 0.981 bits per heavy atom. The molecule has 0 rings (SSSR count). The van der Waals surface area contributed by atoms with Crippen LogP contribution in [0.15, 0.2) is 24.3 Å². The highest BCUT2D eigenvalue weighted by atomic mass is 16.5. The van der Waals surface area contributed by atoms with Crippen LogP contribution in [0.4, 0.5) is 0 Å². The van der Waals surface area contributed by atoms with Crippen LogP contribution >= 0.6 is 0 Å². The van der Waals surface area contributed by atoms with Crippen LogP contribution in [0.2, 0.25) is 0 Å². The number of aliphatic hydroxyl groups excluding tert-OH is 2. The van der Waals surface area contributed by atoms with Gasteiger partial charge in [-0.15, -0.1) is 0 Å². The summed E-state index contributed by atoms with van der Waals surface area (Å²) in [6.45, 7) is 4.83. The summed E-state index contributed by atoms with van der Waals surface area (Å²) >= 11 is 0. The fourth-order valence-electron chi connectivity index (χ4n) is 6.91. The molecular formula is C47H89NO5. The quantitative estimate of drug-likeness (QED) is 0.0328. The molecule has 0 aromatic rings. The molecule has 3 N–H and O–H groups in total. The maximum absolute atomic E-state index is 12.4. The third-order valence-corrected chi connectivity index (χ3v) is 10.5. The van der Waals surface area contributed by atoms with Gasteiger partial charge >= 0.3 is 5.97 Å². The van der Waals surface area contributed by atoms with E-state index in [2.05, 4.69) is 43.5 Å². The monoisotopic (exact) mass is 748 g/mol. The van der Waals surface area contributed by atoms with Crippen molar-refractivity contribution in [1.29, 1.82) is 0 Å². The maximum Gasteiger partial charge on any atom is 0.305 e. The summed E-state index contributed by atoms with van der Waals surface area (Å²) in [6.07, 6.45) is 48.4. The van der Waals surface area contributed by atoms with Crippen LogP contribution in [0.3, 0.4) is 0 Å². The summed E-state index contributed by atoms with van der Waals surface area (Å²) in [7, 11) is 0. The van der Waals surface area contributed by atoms with E-state index in [9.17, 15) is 19.8 Å². The van der Waals surface area contributed by atoms with E-state index in [4.69, 9.17) is 4.74 Å². The van der Waals surface area contributed by atoms with Gasteiger partial charge < -0.3 is 20.3 Å². The van der Waals surface area contributed by atoms with Gasteiger partial charge in [-0.3, -0.25) is 9.59 Å². The molecule has 0 heterocycles. The summed E-state index contributed by atoms with van der Waals surface area (Å²) in [4.78, 5) is 24.4. The molecule has 312 valence electrons. The number of aliphatic hydroxyl groups is 2. The normalized spacial score (nSPS) is 12.9. The van der Waals surface area contributed by atoms with E-state index in [1.54, 1.807) is 0 Å². The topological polar surface area (TPSA) is 95.9 Å². The Morgan fingerprint density at radius 3 is 1.51 bits per heavy atom. The van der Waals surface area contributed by atoms with Crippen molar-refractivity contribution >= 4 is 11.9 Å². The number of rotatable bonds is 42. The van der Waals surface area contributed by atoms with Gasteiger partial charge in [-0.25, -0.2) is 0 Å². The van der Waals surface area contributed by atoms with Crippen molar-refractivity contribution < 1.29 is 24.5 Å². The Kier molecular flexibility index (Phi) is 41.7. The van der Waals surface area contributed by atoms with Crippen molar-refractivity contribution in [2.24, 2.45) is 0 Å². The van der Waals surface area contributed by atoms with Gasteiger partial charge in [-0.1, -0.05) is 199 Å². The molecule has 6 nitrogen and oxygen atoms in total. The molecule has 0 aliphatic heterocycles. The van der Waals surface area contributed by atoms with Crippen molar-refractivity contribution in [3.05, 3.63) is 24.3 Å². The minimum absolute atomic E-state index is 0.0253. The van der Waals surface area contributed by atoms with Gasteiger partial charge in [0.15, 0.2) is 0 Å². The SMILES string of the molecule is CCC/C=C\C/C=C\CCCCCCCC(=O)OCCCCCCCCCCCCCCC(=O)NC(CO)C(O)CCCCCCCCCCCCC. The molecule has 0 aliphatic carbocycles. The van der Waals surface area contributed by atoms with E-state index in [1.165, 1.54) is 135 Å². The third kappa shape index (κ3) is 39.8. The van der Waals surface area contributed by atoms with Crippen LogP contribution in [0.1, 0.15) is 239 Å². The number of esters is 1. The second-order valence-electron chi connectivity index (χ2n) is 15.7. The van der Waals surface area contributed by atoms with Gasteiger partial charge in [0.05, 0.1) is 25.4 Å². The summed E-state index contributed by atoms with van der Waals surface area (Å²) in [6, 6.07) is -0.552. The number of ether oxygens (including phenoxy) is 1. The maximum atomic E-state index is 12.4. The fraction of sp³-hybridized carbons (Fsp3) is 0.872. The Labute approximate surface area is 329 Å². The first-order valence-corrected chi connectivity index (χ1v) is 23.1. The molecule has 0 saturated heterocycles. The van der Waals surface area contributed by atoms with Crippen LogP contribution in [0.5, 0.6) is 0 Å². The molecule has 6 heteroatoms. The highest BCUT2D eigenvalue weighted by Crippen LogP contribution is 2.15. The predicted molar refractivity (Wildman–Crippen MR) is 227 cm³/mol. The zero-order valence-electron chi connectivity index (χ0n) is 35.2. The van der Waals surface area contributed by atoms with E-state index in [1.807, 2.05) is 0 Å². The second kappa shape index (κ2) is 43.1. The van der Waals surface area contributed by atoms with Crippen LogP contribution in [-0.2, 0) is 14.3 Å². The highest BCUT2D eigenvalue weighted by Gasteiger charge is 2.20. The minimum Gasteiger partial charge on any atom is -0.466 e. The van der Waals surface area contributed by atoms with Crippen LogP contribution in [0.25, 0.3) is 0 Å². The van der Waals surface area contributed by atoms with Crippen LogP contribution in [-0.4, -0.2) is 47.4 Å². The molecule has 0 saturated carbocycles. The minimum atomic E-state index is -0.673. The number of hydrogen-bond acceptors (Lipinski definition) is 5. The molecule has 0 aliphatic rings. The average Bonchev–Trinajstić information content (AvgIpc) is 3.16. The van der Waals surface area contributed by atoms with Gasteiger partial charge in [-0.2, -0.15) is 0 Å². The molecule has 0 aromatic heterocycles. The Balaban J connectivity index is 3.47. The molecular weight excluding hydrogens is 659 g/mol. The number of carbonyl (C=O) groups excluding carboxylic acids is 2. The zero-order chi connectivity index (χ0) is 38.7. The van der Waals surface area contributed by atoms with E-state index in [0.717, 1.165) is 70.6 Å². The number of amides is 1. The zero-order valence-corrected chi connectivity index (χ0v) is 35.2. The molecule has 2 atom stereocenters. The number of allylic oxidation sites excluding steroid dienone is 4. The molecule has 0 fully saturated rings. The molecule has 0 radical (unpaired) electrons. The number of nitrogens with one attached hydrogen (secondary N) is 1. The van der Waals surface area contributed by atoms with Gasteiger partial charge in [0.25, 0.3) is 0 Å². The molecule has 0 spiro atoms. The standard InChI is InChI=1S/C47H89NO5/c1-3-5-7-9-11-13-15-16-21-25-29-33-37-41-47(52)53-42-38-34-30-26-22-18-17-20-24-28-32-36-40-46(51)48-44(43-49)45(50)39-35-31-27-23-19-14-12-10-8-6-4-2/h7,9,13,15,44-45,49-50H,3-6,8,10-12,14,16-43H2,1-2H3,(H,48,51)/b9-7-,15-13-. The Morgan fingerprint density at radius 1 is 0.528 bits per heavy atom. The molecule has 0 bridgehead atoms. The van der Waals surface area contributed by atoms with E-state index in [0.29, 0.717) is 25.9 Å². The van der Waals surface area contributed by atoms with E-state index >= 15 is 0 Å². The highest BCUT2D eigenvalue weighted by molar-refractivity contribution is 5.76. The lowest BCUT2D eigenvalue weighted by Crippen LogP contribution is -2.45. The Bertz CT molecular complexity index is 828. The average molecular weight is 748 g/mol. The third-order valence-electron chi connectivity index (χ3n) is 10.5.